The van der Waals surface area contributed by atoms with Gasteiger partial charge in [0.05, 0.1) is 21.1 Å². The highest BCUT2D eigenvalue weighted by molar-refractivity contribution is 7.99. The molecule has 58 heavy (non-hydrogen) atoms. The van der Waals surface area contributed by atoms with Crippen LogP contribution in [0.3, 0.4) is 0 Å². The molecule has 1 heterocycles. The predicted molar refractivity (Wildman–Crippen MR) is 238 cm³/mol. The van der Waals surface area contributed by atoms with Gasteiger partial charge in [-0.05, 0) is 91.7 Å². The summed E-state index contributed by atoms with van der Waals surface area (Å²) in [6.07, 6.45) is 8.82. The second kappa shape index (κ2) is 19.6. The normalized spacial score (nSPS) is 12.9. The zero-order valence-electron chi connectivity index (χ0n) is 32.4. The largest absolute Gasteiger partial charge is 0.478 e. The van der Waals surface area contributed by atoms with E-state index >= 15 is 0 Å². The number of hydrogen-bond donors (Lipinski definition) is 4. The van der Waals surface area contributed by atoms with Gasteiger partial charge in [-0.25, -0.2) is 9.00 Å². The Kier molecular flexibility index (Phi) is 14.1. The van der Waals surface area contributed by atoms with E-state index in [2.05, 4.69) is 39.3 Å². The van der Waals surface area contributed by atoms with Crippen LogP contribution in [-0.2, 0) is 18.0 Å². The van der Waals surface area contributed by atoms with E-state index < -0.39 is 21.9 Å². The van der Waals surface area contributed by atoms with Crippen LogP contribution in [-0.4, -0.2) is 61.6 Å². The summed E-state index contributed by atoms with van der Waals surface area (Å²) in [5, 5.41) is 29.5. The minimum Gasteiger partial charge on any atom is -0.478 e. The molecular formula is C44H45ClN6O5S2. The molecule has 0 aliphatic heterocycles. The number of nitrogens with one attached hydrogen (secondary N) is 3. The van der Waals surface area contributed by atoms with E-state index in [-0.39, 0.29) is 11.3 Å². The molecule has 11 nitrogen and oxygen atoms in total. The SMILES string of the molecule is CCN(CCNc1ccc(NS(=O)c2ccc(NCCSc3ccccc3)c([N+](=O)[O-])c2)cc1)C1=CC(c2c(C(=O)O)c(C)n(C)c2-c2ccc(Cl)cc2)=CC=CC1. The van der Waals surface area contributed by atoms with Crippen molar-refractivity contribution < 1.29 is 19.0 Å². The number of aromatic carboxylic acids is 1. The van der Waals surface area contributed by atoms with E-state index in [0.29, 0.717) is 58.6 Å². The molecule has 0 bridgehead atoms. The fraction of sp³-hybridized carbons (Fsp3) is 0.205. The molecule has 4 N–H and O–H groups in total. The Morgan fingerprint density at radius 3 is 2.41 bits per heavy atom. The van der Waals surface area contributed by atoms with Gasteiger partial charge in [0.25, 0.3) is 5.69 Å². The van der Waals surface area contributed by atoms with Crippen LogP contribution in [0.15, 0.2) is 137 Å². The summed E-state index contributed by atoms with van der Waals surface area (Å²) in [5.41, 5.74) is 6.89. The molecule has 300 valence electrons. The van der Waals surface area contributed by atoms with Crippen LogP contribution in [0.4, 0.5) is 22.7 Å². The molecule has 5 aromatic rings. The molecule has 1 aromatic heterocycles. The Labute approximate surface area is 350 Å². The molecule has 1 aliphatic rings. The third kappa shape index (κ3) is 10.2. The second-order valence-electron chi connectivity index (χ2n) is 13.4. The molecule has 4 aromatic carbocycles. The van der Waals surface area contributed by atoms with Crippen LogP contribution in [0, 0.1) is 17.0 Å². The summed E-state index contributed by atoms with van der Waals surface area (Å²) in [5.74, 6) is -0.252. The van der Waals surface area contributed by atoms with Crippen molar-refractivity contribution in [2.45, 2.75) is 30.1 Å². The summed E-state index contributed by atoms with van der Waals surface area (Å²) in [4.78, 5) is 27.8. The van der Waals surface area contributed by atoms with Gasteiger partial charge in [0.2, 0.25) is 0 Å². The van der Waals surface area contributed by atoms with Gasteiger partial charge >= 0.3 is 5.97 Å². The minimum absolute atomic E-state index is 0.135. The van der Waals surface area contributed by atoms with Crippen LogP contribution >= 0.6 is 23.4 Å². The van der Waals surface area contributed by atoms with Crippen molar-refractivity contribution in [3.8, 4) is 11.3 Å². The highest BCUT2D eigenvalue weighted by atomic mass is 35.5. The van der Waals surface area contributed by atoms with E-state index in [4.69, 9.17) is 11.6 Å². The number of carboxylic acid groups (broad SMARTS) is 1. The van der Waals surface area contributed by atoms with Gasteiger partial charge in [0, 0.05) is 89.7 Å². The summed E-state index contributed by atoms with van der Waals surface area (Å²) < 4.78 is 18.1. The number of carboxylic acids is 1. The van der Waals surface area contributed by atoms with E-state index in [1.807, 2.05) is 110 Å². The van der Waals surface area contributed by atoms with Gasteiger partial charge in [-0.1, -0.05) is 60.2 Å². The molecule has 6 rings (SSSR count). The van der Waals surface area contributed by atoms with Crippen molar-refractivity contribution in [2.24, 2.45) is 7.05 Å². The molecule has 1 aliphatic carbocycles. The van der Waals surface area contributed by atoms with Crippen molar-refractivity contribution in [3.63, 3.8) is 0 Å². The molecule has 0 amide bonds. The smallest absolute Gasteiger partial charge is 0.338 e. The van der Waals surface area contributed by atoms with Crippen LogP contribution < -0.4 is 15.4 Å². The fourth-order valence-electron chi connectivity index (χ4n) is 6.77. The third-order valence-corrected chi connectivity index (χ3v) is 12.1. The number of thioether (sulfide) groups is 1. The topological polar surface area (TPSA) is 142 Å². The standard InChI is InChI=1S/C44H45ClN6O5S2/c1-4-50(36-11-9-8-10-32(28-36)42-41(44(52)53)30(2)49(3)43(42)31-14-16-33(45)17-15-31)26-24-46-34-18-20-35(21-19-34)48-58(56)38-22-23-39(40(29-38)51(54)55)47-25-27-57-37-12-6-5-7-13-37/h5-10,12-23,28-29,46-48H,4,11,24-27H2,1-3H3,(H,52,53). The first-order chi connectivity index (χ1) is 28.0. The number of nitrogens with zero attached hydrogens (tertiary/aromatic N) is 3. The number of anilines is 3. The van der Waals surface area contributed by atoms with Crippen molar-refractivity contribution in [3.05, 3.63) is 159 Å². The van der Waals surface area contributed by atoms with Crippen LogP contribution in [0.1, 0.15) is 35.0 Å². The molecule has 0 spiro atoms. The molecule has 0 fully saturated rings. The van der Waals surface area contributed by atoms with Crippen molar-refractivity contribution in [1.29, 1.82) is 0 Å². The van der Waals surface area contributed by atoms with Gasteiger partial charge in [0.15, 0.2) is 11.0 Å². The molecule has 0 saturated carbocycles. The summed E-state index contributed by atoms with van der Waals surface area (Å²) in [7, 11) is 0.158. The molecule has 1 unspecified atom stereocenters. The second-order valence-corrected chi connectivity index (χ2v) is 16.2. The number of aromatic nitrogens is 1. The molecule has 1 atom stereocenters. The van der Waals surface area contributed by atoms with Crippen LogP contribution in [0.2, 0.25) is 5.02 Å². The third-order valence-electron chi connectivity index (χ3n) is 9.77. The Hall–Kier alpha value is -5.76. The number of nitro groups is 1. The van der Waals surface area contributed by atoms with E-state index in [0.717, 1.165) is 45.4 Å². The minimum atomic E-state index is -1.73. The van der Waals surface area contributed by atoms with Gasteiger partial charge in [-0.15, -0.1) is 11.8 Å². The first-order valence-electron chi connectivity index (χ1n) is 18.8. The van der Waals surface area contributed by atoms with Gasteiger partial charge in [0.1, 0.15) is 5.69 Å². The molecule has 0 saturated heterocycles. The quantitative estimate of drug-likeness (QED) is 0.0294. The predicted octanol–water partition coefficient (Wildman–Crippen LogP) is 10.3. The molecule has 14 heteroatoms. The number of rotatable bonds is 18. The first-order valence-corrected chi connectivity index (χ1v) is 21.3. The van der Waals surface area contributed by atoms with E-state index in [9.17, 15) is 24.2 Å². The maximum absolute atomic E-state index is 13.2. The number of hydrogen-bond acceptors (Lipinski definition) is 8. The zero-order chi connectivity index (χ0) is 41.2. The highest BCUT2D eigenvalue weighted by Crippen LogP contribution is 2.38. The summed E-state index contributed by atoms with van der Waals surface area (Å²) in [6, 6.07) is 29.3. The fourth-order valence-corrected chi connectivity index (χ4v) is 8.57. The lowest BCUT2D eigenvalue weighted by Crippen LogP contribution is -2.28. The Balaban J connectivity index is 1.07. The van der Waals surface area contributed by atoms with Gasteiger partial charge in [-0.3, -0.25) is 10.1 Å². The van der Waals surface area contributed by atoms with Crippen molar-refractivity contribution >= 4 is 68.6 Å². The number of benzene rings is 4. The lowest BCUT2D eigenvalue weighted by atomic mass is 9.95. The Morgan fingerprint density at radius 1 is 1.00 bits per heavy atom. The number of carbonyl (C=O) groups is 1. The molecular weight excluding hydrogens is 792 g/mol. The maximum atomic E-state index is 13.2. The first kappa shape index (κ1) is 41.9. The summed E-state index contributed by atoms with van der Waals surface area (Å²) in [6.45, 7) is 6.51. The number of halogens is 1. The monoisotopic (exact) mass is 836 g/mol. The van der Waals surface area contributed by atoms with Gasteiger partial charge < -0.3 is 29.9 Å². The van der Waals surface area contributed by atoms with Crippen LogP contribution in [0.5, 0.6) is 0 Å². The number of nitro benzene ring substituents is 1. The van der Waals surface area contributed by atoms with Crippen molar-refractivity contribution in [1.82, 2.24) is 9.47 Å². The average molecular weight is 837 g/mol. The average Bonchev–Trinajstić information content (AvgIpc) is 3.33. The Morgan fingerprint density at radius 2 is 1.72 bits per heavy atom. The van der Waals surface area contributed by atoms with Crippen LogP contribution in [0.25, 0.3) is 16.8 Å². The zero-order valence-corrected chi connectivity index (χ0v) is 34.8. The lowest BCUT2D eigenvalue weighted by molar-refractivity contribution is -0.384. The summed E-state index contributed by atoms with van der Waals surface area (Å²) >= 11 is 7.86. The lowest BCUT2D eigenvalue weighted by Gasteiger charge is -2.26. The number of likely N-dealkylation sites (N-methyl/N-ethyl adjacent to an activating group) is 1. The number of allylic oxidation sites excluding steroid dienone is 5. The van der Waals surface area contributed by atoms with E-state index in [1.54, 1.807) is 23.9 Å². The Bertz CT molecular complexity index is 2380. The van der Waals surface area contributed by atoms with Gasteiger partial charge in [-0.2, -0.15) is 0 Å². The van der Waals surface area contributed by atoms with E-state index in [1.165, 1.54) is 6.07 Å². The maximum Gasteiger partial charge on any atom is 0.338 e. The molecule has 0 radical (unpaired) electrons. The van der Waals surface area contributed by atoms with Crippen molar-refractivity contribution in [2.75, 3.05) is 47.3 Å². The highest BCUT2D eigenvalue weighted by Gasteiger charge is 2.27.